The maximum atomic E-state index is 11.5. The van der Waals surface area contributed by atoms with Crippen LogP contribution in [-0.4, -0.2) is 60.7 Å². The molecule has 6 nitrogen and oxygen atoms in total. The van der Waals surface area contributed by atoms with Gasteiger partial charge in [0.2, 0.25) is 10.0 Å². The van der Waals surface area contributed by atoms with Crippen LogP contribution in [0, 0.1) is 0 Å². The Kier molecular flexibility index (Phi) is 11.7. The van der Waals surface area contributed by atoms with Crippen molar-refractivity contribution in [1.29, 1.82) is 0 Å². The van der Waals surface area contributed by atoms with Gasteiger partial charge >= 0.3 is 0 Å². The first-order valence-electron chi connectivity index (χ1n) is 6.37. The van der Waals surface area contributed by atoms with Crippen molar-refractivity contribution in [3.05, 3.63) is 0 Å². The maximum absolute atomic E-state index is 11.5. The number of hydrogen-bond acceptors (Lipinski definition) is 5. The van der Waals surface area contributed by atoms with Crippen LogP contribution in [0.4, 0.5) is 0 Å². The fraction of sp³-hybridized carbons (Fsp3) is 1.00. The third-order valence-electron chi connectivity index (χ3n) is 2.19. The average Bonchev–Trinajstić information content (AvgIpc) is 2.33. The van der Waals surface area contributed by atoms with Crippen LogP contribution in [0.2, 0.25) is 0 Å². The van der Waals surface area contributed by atoms with Crippen LogP contribution in [0.5, 0.6) is 0 Å². The minimum absolute atomic E-state index is 0.155. The Balaban J connectivity index is 3.43. The summed E-state index contributed by atoms with van der Waals surface area (Å²) in [4.78, 5) is 0. The van der Waals surface area contributed by atoms with Gasteiger partial charge in [-0.1, -0.05) is 6.92 Å². The van der Waals surface area contributed by atoms with Gasteiger partial charge in [0.25, 0.3) is 0 Å². The van der Waals surface area contributed by atoms with Crippen LogP contribution in [-0.2, 0) is 19.5 Å². The number of ether oxygens (including phenoxy) is 2. The Morgan fingerprint density at radius 2 is 1.83 bits per heavy atom. The molecule has 0 bridgehead atoms. The molecule has 0 aliphatic rings. The Morgan fingerprint density at radius 1 is 1.06 bits per heavy atom. The van der Waals surface area contributed by atoms with Crippen molar-refractivity contribution >= 4 is 10.0 Å². The summed E-state index contributed by atoms with van der Waals surface area (Å²) in [5, 5.41) is 3.17. The first-order chi connectivity index (χ1) is 8.62. The molecular formula is C11H26N2O4S. The van der Waals surface area contributed by atoms with Gasteiger partial charge in [-0.15, -0.1) is 0 Å². The van der Waals surface area contributed by atoms with E-state index in [-0.39, 0.29) is 5.75 Å². The smallest absolute Gasteiger partial charge is 0.211 e. The van der Waals surface area contributed by atoms with Crippen LogP contribution < -0.4 is 10.0 Å². The Bertz CT molecular complexity index is 270. The highest BCUT2D eigenvalue weighted by molar-refractivity contribution is 7.89. The number of sulfonamides is 1. The third kappa shape index (κ3) is 12.3. The molecule has 0 atom stereocenters. The van der Waals surface area contributed by atoms with E-state index in [1.165, 1.54) is 0 Å². The summed E-state index contributed by atoms with van der Waals surface area (Å²) < 4.78 is 35.5. The van der Waals surface area contributed by atoms with E-state index in [1.54, 1.807) is 7.11 Å². The second kappa shape index (κ2) is 11.9. The first kappa shape index (κ1) is 17.8. The Morgan fingerprint density at radius 3 is 2.50 bits per heavy atom. The van der Waals surface area contributed by atoms with E-state index in [0.29, 0.717) is 32.8 Å². The molecule has 0 rings (SSSR count). The lowest BCUT2D eigenvalue weighted by Crippen LogP contribution is -2.31. The summed E-state index contributed by atoms with van der Waals surface area (Å²) in [6, 6.07) is 0. The number of hydrogen-bond donors (Lipinski definition) is 2. The predicted octanol–water partition coefficient (Wildman–Crippen LogP) is -0.0415. The van der Waals surface area contributed by atoms with Gasteiger partial charge in [0.1, 0.15) is 0 Å². The lowest BCUT2D eigenvalue weighted by atomic mass is 10.4. The molecule has 0 saturated heterocycles. The highest BCUT2D eigenvalue weighted by Crippen LogP contribution is 1.89. The van der Waals surface area contributed by atoms with Crippen LogP contribution in [0.25, 0.3) is 0 Å². The highest BCUT2D eigenvalue weighted by Gasteiger charge is 2.08. The molecule has 7 heteroatoms. The molecule has 0 fully saturated rings. The van der Waals surface area contributed by atoms with E-state index in [9.17, 15) is 8.42 Å². The van der Waals surface area contributed by atoms with Gasteiger partial charge in [-0.2, -0.15) is 0 Å². The van der Waals surface area contributed by atoms with Crippen molar-refractivity contribution in [2.24, 2.45) is 0 Å². The van der Waals surface area contributed by atoms with E-state index in [0.717, 1.165) is 19.5 Å². The molecule has 0 aromatic carbocycles. The van der Waals surface area contributed by atoms with E-state index >= 15 is 0 Å². The maximum Gasteiger partial charge on any atom is 0.211 e. The fourth-order valence-electron chi connectivity index (χ4n) is 1.27. The molecule has 0 radical (unpaired) electrons. The summed E-state index contributed by atoms with van der Waals surface area (Å²) in [5.41, 5.74) is 0. The zero-order chi connectivity index (χ0) is 13.7. The minimum Gasteiger partial charge on any atom is -0.382 e. The molecule has 0 spiro atoms. The SMILES string of the molecule is CCCNCCCS(=O)(=O)NCCOCCOC. The van der Waals surface area contributed by atoms with Gasteiger partial charge in [-0.3, -0.25) is 0 Å². The Hall–Kier alpha value is -0.210. The first-order valence-corrected chi connectivity index (χ1v) is 8.02. The van der Waals surface area contributed by atoms with Gasteiger partial charge in [0.15, 0.2) is 0 Å². The minimum atomic E-state index is -3.16. The molecular weight excluding hydrogens is 256 g/mol. The molecule has 0 heterocycles. The molecule has 0 aromatic heterocycles. The summed E-state index contributed by atoms with van der Waals surface area (Å²) in [7, 11) is -1.57. The van der Waals surface area contributed by atoms with E-state index < -0.39 is 10.0 Å². The average molecular weight is 282 g/mol. The van der Waals surface area contributed by atoms with Crippen molar-refractivity contribution in [2.75, 3.05) is 52.3 Å². The zero-order valence-corrected chi connectivity index (χ0v) is 12.2. The summed E-state index contributed by atoms with van der Waals surface area (Å²) in [5.74, 6) is 0.155. The fourth-order valence-corrected chi connectivity index (χ4v) is 2.34. The van der Waals surface area contributed by atoms with E-state index in [2.05, 4.69) is 17.0 Å². The topological polar surface area (TPSA) is 76.7 Å². The molecule has 2 N–H and O–H groups in total. The van der Waals surface area contributed by atoms with Crippen molar-refractivity contribution in [2.45, 2.75) is 19.8 Å². The molecule has 0 aromatic rings. The molecule has 18 heavy (non-hydrogen) atoms. The van der Waals surface area contributed by atoms with Crippen molar-refractivity contribution in [1.82, 2.24) is 10.0 Å². The van der Waals surface area contributed by atoms with Gasteiger partial charge in [0, 0.05) is 13.7 Å². The quantitative estimate of drug-likeness (QED) is 0.464. The van der Waals surface area contributed by atoms with E-state index in [1.807, 2.05) is 0 Å². The Labute approximate surface area is 110 Å². The lowest BCUT2D eigenvalue weighted by Gasteiger charge is -2.07. The molecule has 0 unspecified atom stereocenters. The third-order valence-corrected chi connectivity index (χ3v) is 3.66. The number of methoxy groups -OCH3 is 1. The van der Waals surface area contributed by atoms with Crippen LogP contribution in [0.3, 0.4) is 0 Å². The second-order valence-electron chi connectivity index (χ2n) is 3.92. The predicted molar refractivity (Wildman–Crippen MR) is 72.3 cm³/mol. The van der Waals surface area contributed by atoms with Crippen LogP contribution >= 0.6 is 0 Å². The van der Waals surface area contributed by atoms with Gasteiger partial charge in [-0.05, 0) is 25.9 Å². The van der Waals surface area contributed by atoms with Crippen molar-refractivity contribution < 1.29 is 17.9 Å². The van der Waals surface area contributed by atoms with Gasteiger partial charge in [-0.25, -0.2) is 13.1 Å². The standard InChI is InChI=1S/C11H26N2O4S/c1-3-5-12-6-4-11-18(14,15)13-7-8-17-10-9-16-2/h12-13H,3-11H2,1-2H3. The molecule has 0 aliphatic carbocycles. The second-order valence-corrected chi connectivity index (χ2v) is 5.85. The zero-order valence-electron chi connectivity index (χ0n) is 11.4. The lowest BCUT2D eigenvalue weighted by molar-refractivity contribution is 0.0736. The van der Waals surface area contributed by atoms with Gasteiger partial charge < -0.3 is 14.8 Å². The number of nitrogens with one attached hydrogen (secondary N) is 2. The monoisotopic (exact) mass is 282 g/mol. The number of rotatable bonds is 13. The highest BCUT2D eigenvalue weighted by atomic mass is 32.2. The molecule has 0 amide bonds. The van der Waals surface area contributed by atoms with Crippen LogP contribution in [0.15, 0.2) is 0 Å². The largest absolute Gasteiger partial charge is 0.382 e. The molecule has 0 aliphatic heterocycles. The van der Waals surface area contributed by atoms with Crippen LogP contribution in [0.1, 0.15) is 19.8 Å². The van der Waals surface area contributed by atoms with E-state index in [4.69, 9.17) is 9.47 Å². The van der Waals surface area contributed by atoms with Crippen molar-refractivity contribution in [3.63, 3.8) is 0 Å². The molecule has 0 saturated carbocycles. The van der Waals surface area contributed by atoms with Crippen molar-refractivity contribution in [3.8, 4) is 0 Å². The summed E-state index contributed by atoms with van der Waals surface area (Å²) >= 11 is 0. The summed E-state index contributed by atoms with van der Waals surface area (Å²) in [6.07, 6.45) is 1.68. The summed E-state index contributed by atoms with van der Waals surface area (Å²) in [6.45, 7) is 5.44. The molecule has 110 valence electrons. The normalized spacial score (nSPS) is 11.9. The van der Waals surface area contributed by atoms with Gasteiger partial charge in [0.05, 0.1) is 25.6 Å².